The fourth-order valence-electron chi connectivity index (χ4n) is 1.86. The van der Waals surface area contributed by atoms with Crippen LogP contribution in [0.15, 0.2) is 18.2 Å². The van der Waals surface area contributed by atoms with Crippen molar-refractivity contribution in [1.29, 1.82) is 0 Å². The van der Waals surface area contributed by atoms with E-state index >= 15 is 0 Å². The lowest BCUT2D eigenvalue weighted by Gasteiger charge is -2.15. The summed E-state index contributed by atoms with van der Waals surface area (Å²) in [5.74, 6) is 1.57. The van der Waals surface area contributed by atoms with Crippen molar-refractivity contribution in [3.63, 3.8) is 0 Å². The molecule has 0 saturated heterocycles. The van der Waals surface area contributed by atoms with E-state index in [0.717, 1.165) is 12.4 Å². The summed E-state index contributed by atoms with van der Waals surface area (Å²) in [7, 11) is 0. The molecular weight excluding hydrogens is 242 g/mol. The molecule has 1 heterocycles. The zero-order valence-electron chi connectivity index (χ0n) is 11.3. The van der Waals surface area contributed by atoms with Crippen molar-refractivity contribution >= 4 is 23.0 Å². The first kappa shape index (κ1) is 14.9. The second-order valence-electron chi connectivity index (χ2n) is 4.57. The summed E-state index contributed by atoms with van der Waals surface area (Å²) in [6.45, 7) is 5.43. The average Bonchev–Trinajstić information content (AvgIpc) is 2.39. The quantitative estimate of drug-likeness (QED) is 0.708. The van der Waals surface area contributed by atoms with Gasteiger partial charge in [-0.15, -0.1) is 0 Å². The van der Waals surface area contributed by atoms with Crippen molar-refractivity contribution in [3.05, 3.63) is 23.9 Å². The van der Waals surface area contributed by atoms with E-state index in [1.807, 2.05) is 18.2 Å². The molecule has 4 heteroatoms. The molecule has 100 valence electrons. The van der Waals surface area contributed by atoms with Gasteiger partial charge in [0.05, 0.1) is 5.69 Å². The maximum Gasteiger partial charge on any atom is 0.126 e. The first-order valence-electron chi connectivity index (χ1n) is 6.68. The Morgan fingerprint density at radius 2 is 2.22 bits per heavy atom. The summed E-state index contributed by atoms with van der Waals surface area (Å²) in [4.78, 5) is 4.73. The molecule has 1 aromatic heterocycles. The molecule has 1 rings (SSSR count). The highest BCUT2D eigenvalue weighted by molar-refractivity contribution is 7.80. The summed E-state index contributed by atoms with van der Waals surface area (Å²) < 4.78 is 0. The van der Waals surface area contributed by atoms with Crippen molar-refractivity contribution in [2.45, 2.75) is 39.5 Å². The van der Waals surface area contributed by atoms with Crippen molar-refractivity contribution < 1.29 is 0 Å². The van der Waals surface area contributed by atoms with Crippen LogP contribution in [-0.2, 0) is 0 Å². The number of thiocarbonyl (C=S) groups is 1. The number of nitrogens with two attached hydrogens (primary N) is 1. The first-order valence-corrected chi connectivity index (χ1v) is 7.08. The predicted molar refractivity (Wildman–Crippen MR) is 81.9 cm³/mol. The number of hydrogen-bond donors (Lipinski definition) is 2. The molecule has 0 aromatic carbocycles. The van der Waals surface area contributed by atoms with Crippen LogP contribution in [0.4, 0.5) is 5.82 Å². The summed E-state index contributed by atoms with van der Waals surface area (Å²) in [6.07, 6.45) is 5.02. The number of rotatable bonds is 8. The Balaban J connectivity index is 2.51. The number of nitrogens with one attached hydrogen (secondary N) is 1. The Morgan fingerprint density at radius 3 is 2.83 bits per heavy atom. The largest absolute Gasteiger partial charge is 0.388 e. The SMILES string of the molecule is CCCCC(CC)CNc1cccc(C(N)=S)n1. The van der Waals surface area contributed by atoms with E-state index in [-0.39, 0.29) is 0 Å². The molecule has 0 amide bonds. The van der Waals surface area contributed by atoms with Crippen LogP contribution in [0, 0.1) is 5.92 Å². The predicted octanol–water partition coefficient (Wildman–Crippen LogP) is 3.34. The molecule has 0 aliphatic heterocycles. The topological polar surface area (TPSA) is 50.9 Å². The minimum Gasteiger partial charge on any atom is -0.388 e. The highest BCUT2D eigenvalue weighted by Crippen LogP contribution is 2.14. The highest BCUT2D eigenvalue weighted by Gasteiger charge is 2.06. The zero-order chi connectivity index (χ0) is 13.4. The lowest BCUT2D eigenvalue weighted by molar-refractivity contribution is 0.472. The fourth-order valence-corrected chi connectivity index (χ4v) is 1.98. The molecule has 18 heavy (non-hydrogen) atoms. The molecule has 1 unspecified atom stereocenters. The van der Waals surface area contributed by atoms with E-state index in [4.69, 9.17) is 18.0 Å². The Labute approximate surface area is 115 Å². The lowest BCUT2D eigenvalue weighted by atomic mass is 9.99. The number of hydrogen-bond acceptors (Lipinski definition) is 3. The lowest BCUT2D eigenvalue weighted by Crippen LogP contribution is -2.16. The van der Waals surface area contributed by atoms with E-state index in [1.54, 1.807) is 0 Å². The highest BCUT2D eigenvalue weighted by atomic mass is 32.1. The first-order chi connectivity index (χ1) is 8.67. The second-order valence-corrected chi connectivity index (χ2v) is 5.01. The van der Waals surface area contributed by atoms with Gasteiger partial charge in [-0.25, -0.2) is 4.98 Å². The maximum absolute atomic E-state index is 5.57. The molecule has 1 aromatic rings. The molecule has 1 atom stereocenters. The zero-order valence-corrected chi connectivity index (χ0v) is 12.1. The third-order valence-electron chi connectivity index (χ3n) is 3.12. The van der Waals surface area contributed by atoms with E-state index in [0.29, 0.717) is 16.6 Å². The summed E-state index contributed by atoms with van der Waals surface area (Å²) >= 11 is 4.93. The summed E-state index contributed by atoms with van der Waals surface area (Å²) in [5.41, 5.74) is 6.25. The van der Waals surface area contributed by atoms with Gasteiger partial charge in [-0.1, -0.05) is 51.4 Å². The van der Waals surface area contributed by atoms with Gasteiger partial charge in [0.25, 0.3) is 0 Å². The monoisotopic (exact) mass is 265 g/mol. The van der Waals surface area contributed by atoms with E-state index in [9.17, 15) is 0 Å². The van der Waals surface area contributed by atoms with Crippen LogP contribution < -0.4 is 11.1 Å². The molecule has 0 bridgehead atoms. The van der Waals surface area contributed by atoms with Crippen LogP contribution in [0.3, 0.4) is 0 Å². The van der Waals surface area contributed by atoms with Crippen LogP contribution in [0.25, 0.3) is 0 Å². The van der Waals surface area contributed by atoms with Gasteiger partial charge in [0.2, 0.25) is 0 Å². The summed E-state index contributed by atoms with van der Waals surface area (Å²) in [5, 5.41) is 3.37. The van der Waals surface area contributed by atoms with Crippen LogP contribution >= 0.6 is 12.2 Å². The Morgan fingerprint density at radius 1 is 1.44 bits per heavy atom. The van der Waals surface area contributed by atoms with Crippen LogP contribution in [0.1, 0.15) is 45.2 Å². The minimum absolute atomic E-state index is 0.344. The smallest absolute Gasteiger partial charge is 0.126 e. The van der Waals surface area contributed by atoms with Crippen molar-refractivity contribution in [1.82, 2.24) is 4.98 Å². The standard InChI is InChI=1S/C14H23N3S/c1-3-5-7-11(4-2)10-16-13-9-6-8-12(17-13)14(15)18/h6,8-9,11H,3-5,7,10H2,1-2H3,(H2,15,18)(H,16,17). The Bertz CT molecular complexity index is 379. The molecule has 0 radical (unpaired) electrons. The average molecular weight is 265 g/mol. The maximum atomic E-state index is 5.57. The Kier molecular flexibility index (Phi) is 6.65. The van der Waals surface area contributed by atoms with Gasteiger partial charge in [0.15, 0.2) is 0 Å². The Hall–Kier alpha value is -1.16. The van der Waals surface area contributed by atoms with Crippen molar-refractivity contribution in [3.8, 4) is 0 Å². The van der Waals surface area contributed by atoms with Gasteiger partial charge in [-0.05, 0) is 24.5 Å². The van der Waals surface area contributed by atoms with Crippen molar-refractivity contribution in [2.75, 3.05) is 11.9 Å². The number of pyridine rings is 1. The molecule has 0 spiro atoms. The van der Waals surface area contributed by atoms with Crippen LogP contribution in [0.5, 0.6) is 0 Å². The number of aromatic nitrogens is 1. The molecule has 0 saturated carbocycles. The number of unbranched alkanes of at least 4 members (excludes halogenated alkanes) is 1. The van der Waals surface area contributed by atoms with Gasteiger partial charge in [0, 0.05) is 6.54 Å². The van der Waals surface area contributed by atoms with Gasteiger partial charge < -0.3 is 11.1 Å². The normalized spacial score (nSPS) is 12.1. The van der Waals surface area contributed by atoms with Gasteiger partial charge >= 0.3 is 0 Å². The van der Waals surface area contributed by atoms with E-state index in [1.165, 1.54) is 25.7 Å². The summed E-state index contributed by atoms with van der Waals surface area (Å²) in [6, 6.07) is 5.72. The molecule has 0 aliphatic carbocycles. The van der Waals surface area contributed by atoms with E-state index in [2.05, 4.69) is 24.1 Å². The number of anilines is 1. The van der Waals surface area contributed by atoms with Gasteiger partial charge in [-0.3, -0.25) is 0 Å². The van der Waals surface area contributed by atoms with Crippen molar-refractivity contribution in [2.24, 2.45) is 11.7 Å². The van der Waals surface area contributed by atoms with Crippen LogP contribution in [-0.4, -0.2) is 16.5 Å². The van der Waals surface area contributed by atoms with E-state index < -0.39 is 0 Å². The molecule has 0 fully saturated rings. The molecule has 3 nitrogen and oxygen atoms in total. The third kappa shape index (κ3) is 5.00. The number of nitrogens with zero attached hydrogens (tertiary/aromatic N) is 1. The van der Waals surface area contributed by atoms with Crippen LogP contribution in [0.2, 0.25) is 0 Å². The fraction of sp³-hybridized carbons (Fsp3) is 0.571. The third-order valence-corrected chi connectivity index (χ3v) is 3.33. The van der Waals surface area contributed by atoms with Gasteiger partial charge in [0.1, 0.15) is 10.8 Å². The second kappa shape index (κ2) is 8.03. The molecule has 0 aliphatic rings. The molecule has 3 N–H and O–H groups in total. The van der Waals surface area contributed by atoms with Gasteiger partial charge in [-0.2, -0.15) is 0 Å². The molecular formula is C14H23N3S. The minimum atomic E-state index is 0.344.